The quantitative estimate of drug-likeness (QED) is 0.329. The highest BCUT2D eigenvalue weighted by Gasteiger charge is 2.25. The first-order valence-corrected chi connectivity index (χ1v) is 7.58. The van der Waals surface area contributed by atoms with Gasteiger partial charge in [-0.1, -0.05) is 0 Å². The molecule has 0 atom stereocenters. The molecular formula is C14H10FNO6S. The largest absolute Gasteiger partial charge is 0.502 e. The second kappa shape index (κ2) is 6.05. The van der Waals surface area contributed by atoms with Gasteiger partial charge in [-0.25, -0.2) is 17.6 Å². The number of aliphatic carboxylic acids is 1. The molecule has 2 rings (SSSR count). The van der Waals surface area contributed by atoms with Gasteiger partial charge in [-0.05, 0) is 30.3 Å². The summed E-state index contributed by atoms with van der Waals surface area (Å²) in [6.07, 6.45) is 1.57. The van der Waals surface area contributed by atoms with Gasteiger partial charge in [-0.3, -0.25) is 4.79 Å². The van der Waals surface area contributed by atoms with Crippen LogP contribution >= 0.6 is 0 Å². The van der Waals surface area contributed by atoms with Gasteiger partial charge in [0.15, 0.2) is 5.78 Å². The van der Waals surface area contributed by atoms with Crippen LogP contribution in [0.4, 0.5) is 4.39 Å². The van der Waals surface area contributed by atoms with Gasteiger partial charge >= 0.3 is 5.97 Å². The van der Waals surface area contributed by atoms with Gasteiger partial charge in [0.05, 0.1) is 10.5 Å². The maximum atomic E-state index is 12.9. The number of aromatic nitrogens is 1. The molecule has 0 saturated carbocycles. The van der Waals surface area contributed by atoms with E-state index in [1.165, 1.54) is 6.20 Å². The minimum atomic E-state index is -4.15. The van der Waals surface area contributed by atoms with Gasteiger partial charge < -0.3 is 15.2 Å². The average molecular weight is 339 g/mol. The molecule has 0 saturated heterocycles. The van der Waals surface area contributed by atoms with E-state index in [2.05, 4.69) is 4.98 Å². The molecule has 0 spiro atoms. The summed E-state index contributed by atoms with van der Waals surface area (Å²) in [6, 6.07) is 5.10. The third-order valence-corrected chi connectivity index (χ3v) is 4.62. The molecule has 0 aliphatic heterocycles. The fourth-order valence-electron chi connectivity index (χ4n) is 1.77. The molecule has 0 radical (unpaired) electrons. The summed E-state index contributed by atoms with van der Waals surface area (Å²) < 4.78 is 37.8. The number of rotatable bonds is 5. The standard InChI is InChI=1S/C14H10FNO6S/c15-8-1-3-9(4-2-8)23(21,22)13-10(5-6-16-13)11(17)7-12(18)14(19)20/h1-7,16,18H,(H,19,20). The van der Waals surface area contributed by atoms with Crippen molar-refractivity contribution in [1.29, 1.82) is 0 Å². The van der Waals surface area contributed by atoms with E-state index in [4.69, 9.17) is 10.2 Å². The second-order valence-corrected chi connectivity index (χ2v) is 6.26. The third-order valence-electron chi connectivity index (χ3n) is 2.85. The maximum Gasteiger partial charge on any atom is 0.371 e. The summed E-state index contributed by atoms with van der Waals surface area (Å²) >= 11 is 0. The Morgan fingerprint density at radius 2 is 1.70 bits per heavy atom. The molecule has 0 amide bonds. The smallest absolute Gasteiger partial charge is 0.371 e. The molecule has 120 valence electrons. The van der Waals surface area contributed by atoms with Crippen LogP contribution in [0.15, 0.2) is 58.3 Å². The van der Waals surface area contributed by atoms with E-state index in [9.17, 15) is 22.4 Å². The van der Waals surface area contributed by atoms with Crippen molar-refractivity contribution in [2.75, 3.05) is 0 Å². The summed E-state index contributed by atoms with van der Waals surface area (Å²) in [5.41, 5.74) is -0.345. The van der Waals surface area contributed by atoms with E-state index >= 15 is 0 Å². The van der Waals surface area contributed by atoms with Gasteiger partial charge in [0.1, 0.15) is 10.8 Å². The van der Waals surface area contributed by atoms with Crippen molar-refractivity contribution in [3.63, 3.8) is 0 Å². The van der Waals surface area contributed by atoms with Gasteiger partial charge in [0.25, 0.3) is 0 Å². The molecule has 1 aromatic heterocycles. The number of halogens is 1. The highest BCUT2D eigenvalue weighted by atomic mass is 32.2. The summed E-state index contributed by atoms with van der Waals surface area (Å²) in [6.45, 7) is 0. The van der Waals surface area contributed by atoms with Crippen LogP contribution in [0.5, 0.6) is 0 Å². The molecule has 2 aromatic rings. The van der Waals surface area contributed by atoms with Crippen LogP contribution in [-0.4, -0.2) is 35.4 Å². The number of carboxylic acid groups (broad SMARTS) is 1. The van der Waals surface area contributed by atoms with Crippen LogP contribution < -0.4 is 0 Å². The van der Waals surface area contributed by atoms with E-state index in [0.29, 0.717) is 6.08 Å². The van der Waals surface area contributed by atoms with Crippen LogP contribution in [0.1, 0.15) is 10.4 Å². The molecule has 23 heavy (non-hydrogen) atoms. The lowest BCUT2D eigenvalue weighted by atomic mass is 10.2. The zero-order valence-corrected chi connectivity index (χ0v) is 12.2. The number of sulfone groups is 1. The first-order valence-electron chi connectivity index (χ1n) is 6.10. The van der Waals surface area contributed by atoms with Crippen molar-refractivity contribution in [3.05, 3.63) is 59.7 Å². The van der Waals surface area contributed by atoms with Crippen molar-refractivity contribution in [3.8, 4) is 0 Å². The lowest BCUT2D eigenvalue weighted by Crippen LogP contribution is -2.09. The van der Waals surface area contributed by atoms with Crippen LogP contribution in [0.2, 0.25) is 0 Å². The molecule has 1 aromatic carbocycles. The highest BCUT2D eigenvalue weighted by molar-refractivity contribution is 7.91. The number of aliphatic hydroxyl groups excluding tert-OH is 1. The number of benzene rings is 1. The number of hydrogen-bond donors (Lipinski definition) is 3. The van der Waals surface area contributed by atoms with E-state index in [1.54, 1.807) is 0 Å². The fraction of sp³-hybridized carbons (Fsp3) is 0. The van der Waals surface area contributed by atoms with Gasteiger partial charge in [0, 0.05) is 12.3 Å². The zero-order valence-electron chi connectivity index (χ0n) is 11.4. The molecular weight excluding hydrogens is 329 g/mol. The number of ketones is 1. The maximum absolute atomic E-state index is 12.9. The number of allylic oxidation sites excluding steroid dienone is 1. The van der Waals surface area contributed by atoms with E-state index in [-0.39, 0.29) is 10.5 Å². The third kappa shape index (κ3) is 3.29. The summed E-state index contributed by atoms with van der Waals surface area (Å²) in [5, 5.41) is 17.1. The Morgan fingerprint density at radius 3 is 2.26 bits per heavy atom. The Balaban J connectivity index is 2.49. The van der Waals surface area contributed by atoms with Crippen LogP contribution in [-0.2, 0) is 14.6 Å². The topological polar surface area (TPSA) is 125 Å². The Morgan fingerprint density at radius 1 is 1.09 bits per heavy atom. The number of nitrogens with one attached hydrogen (secondary N) is 1. The van der Waals surface area contributed by atoms with E-state index in [0.717, 1.165) is 30.3 Å². The number of hydrogen-bond acceptors (Lipinski definition) is 5. The number of aromatic amines is 1. The van der Waals surface area contributed by atoms with Crippen LogP contribution in [0, 0.1) is 5.82 Å². The van der Waals surface area contributed by atoms with E-state index < -0.39 is 38.2 Å². The zero-order chi connectivity index (χ0) is 17.2. The SMILES string of the molecule is O=C(O)C(O)=CC(=O)c1cc[nH]c1S(=O)(=O)c1ccc(F)cc1. The molecule has 0 unspecified atom stereocenters. The second-order valence-electron chi connectivity index (χ2n) is 4.38. The summed E-state index contributed by atoms with van der Waals surface area (Å²) in [4.78, 5) is 24.6. The van der Waals surface area contributed by atoms with Gasteiger partial charge in [-0.2, -0.15) is 0 Å². The number of carboxylic acids is 1. The van der Waals surface area contributed by atoms with Crippen molar-refractivity contribution in [2.24, 2.45) is 0 Å². The van der Waals surface area contributed by atoms with Gasteiger partial charge in [0.2, 0.25) is 15.6 Å². The first-order chi connectivity index (χ1) is 10.7. The lowest BCUT2D eigenvalue weighted by molar-refractivity contribution is -0.135. The Hall–Kier alpha value is -2.94. The molecule has 0 aliphatic rings. The number of carbonyl (C=O) groups excluding carboxylic acids is 1. The highest BCUT2D eigenvalue weighted by Crippen LogP contribution is 2.23. The molecule has 1 heterocycles. The molecule has 0 fully saturated rings. The Labute approximate surface area is 129 Å². The monoisotopic (exact) mass is 339 g/mol. The molecule has 3 N–H and O–H groups in total. The average Bonchev–Trinajstić information content (AvgIpc) is 2.97. The van der Waals surface area contributed by atoms with Crippen molar-refractivity contribution >= 4 is 21.6 Å². The van der Waals surface area contributed by atoms with Crippen molar-refractivity contribution in [1.82, 2.24) is 4.98 Å². The normalized spacial score (nSPS) is 12.1. The fourth-order valence-corrected chi connectivity index (χ4v) is 3.18. The Bertz CT molecular complexity index is 896. The minimum absolute atomic E-state index is 0.248. The first kappa shape index (κ1) is 16.4. The molecule has 9 heteroatoms. The predicted molar refractivity (Wildman–Crippen MR) is 75.3 cm³/mol. The van der Waals surface area contributed by atoms with Gasteiger partial charge in [-0.15, -0.1) is 0 Å². The van der Waals surface area contributed by atoms with Crippen molar-refractivity contribution < 1.29 is 32.6 Å². The Kier molecular flexibility index (Phi) is 4.32. The van der Waals surface area contributed by atoms with E-state index in [1.807, 2.05) is 0 Å². The summed E-state index contributed by atoms with van der Waals surface area (Å²) in [5.74, 6) is -4.58. The number of aliphatic hydroxyl groups is 1. The molecule has 7 nitrogen and oxygen atoms in total. The lowest BCUT2D eigenvalue weighted by Gasteiger charge is -2.04. The molecule has 0 aliphatic carbocycles. The summed E-state index contributed by atoms with van der Waals surface area (Å²) in [7, 11) is -4.15. The number of carbonyl (C=O) groups is 2. The number of H-pyrrole nitrogens is 1. The van der Waals surface area contributed by atoms with Crippen molar-refractivity contribution in [2.45, 2.75) is 9.92 Å². The van der Waals surface area contributed by atoms with Crippen LogP contribution in [0.25, 0.3) is 0 Å². The predicted octanol–water partition coefficient (Wildman–Crippen LogP) is 1.70. The minimum Gasteiger partial charge on any atom is -0.502 e. The van der Waals surface area contributed by atoms with Crippen LogP contribution in [0.3, 0.4) is 0 Å². The molecule has 0 bridgehead atoms.